The molecule has 266 valence electrons. The van der Waals surface area contributed by atoms with E-state index in [1.54, 1.807) is 45.9 Å². The molecule has 7 nitrogen and oxygen atoms in total. The minimum absolute atomic E-state index is 0.0162. The van der Waals surface area contributed by atoms with Crippen LogP contribution in [0.2, 0.25) is 0 Å². The lowest BCUT2D eigenvalue weighted by Gasteiger charge is -2.31. The van der Waals surface area contributed by atoms with E-state index in [0.29, 0.717) is 36.2 Å². The van der Waals surface area contributed by atoms with Crippen LogP contribution < -0.4 is 10.9 Å². The third-order valence-electron chi connectivity index (χ3n) is 8.86. The third kappa shape index (κ3) is 8.92. The van der Waals surface area contributed by atoms with Crippen molar-refractivity contribution in [1.82, 2.24) is 14.8 Å². The zero-order valence-electron chi connectivity index (χ0n) is 28.1. The summed E-state index contributed by atoms with van der Waals surface area (Å²) in [6.45, 7) is 9.54. The highest BCUT2D eigenvalue weighted by atomic mass is 19.4. The van der Waals surface area contributed by atoms with Crippen LogP contribution in [-0.4, -0.2) is 46.1 Å². The second-order valence-corrected chi connectivity index (χ2v) is 13.3. The number of nitrogens with one attached hydrogen (secondary N) is 1. The van der Waals surface area contributed by atoms with Crippen LogP contribution >= 0.6 is 0 Å². The molecule has 13 heteroatoms. The number of halogens is 6. The van der Waals surface area contributed by atoms with E-state index in [1.807, 2.05) is 0 Å². The molecule has 0 aliphatic carbocycles. The number of aromatic nitrogens is 1. The maximum atomic E-state index is 15.8. The summed E-state index contributed by atoms with van der Waals surface area (Å²) in [6.07, 6.45) is -3.82. The lowest BCUT2D eigenvalue weighted by Crippen LogP contribution is -2.41. The van der Waals surface area contributed by atoms with Gasteiger partial charge in [0.25, 0.3) is 11.5 Å². The van der Waals surface area contributed by atoms with Crippen molar-refractivity contribution in [1.29, 1.82) is 0 Å². The molecule has 0 unspecified atom stereocenters. The molecule has 2 heterocycles. The second-order valence-electron chi connectivity index (χ2n) is 13.3. The average Bonchev–Trinajstić information content (AvgIpc) is 2.94. The van der Waals surface area contributed by atoms with Gasteiger partial charge in [0.05, 0.1) is 18.0 Å². The van der Waals surface area contributed by atoms with Crippen LogP contribution in [-0.2, 0) is 28.1 Å². The van der Waals surface area contributed by atoms with Crippen LogP contribution in [0.4, 0.5) is 26.3 Å². The van der Waals surface area contributed by atoms with Gasteiger partial charge in [-0.3, -0.25) is 14.4 Å². The number of amides is 1. The van der Waals surface area contributed by atoms with Crippen LogP contribution in [0.15, 0.2) is 47.4 Å². The highest BCUT2D eigenvalue weighted by Crippen LogP contribution is 2.40. The van der Waals surface area contributed by atoms with Crippen molar-refractivity contribution in [2.45, 2.75) is 84.5 Å². The molecule has 1 aliphatic rings. The molecule has 2 N–H and O–H groups in total. The van der Waals surface area contributed by atoms with E-state index in [0.717, 1.165) is 36.2 Å². The van der Waals surface area contributed by atoms with Crippen LogP contribution in [0, 0.1) is 25.6 Å². The molecule has 2 atom stereocenters. The summed E-state index contributed by atoms with van der Waals surface area (Å²) >= 11 is 0. The molecule has 0 bridgehead atoms. The molecule has 1 saturated heterocycles. The zero-order valence-corrected chi connectivity index (χ0v) is 28.1. The maximum absolute atomic E-state index is 15.8. The highest BCUT2D eigenvalue weighted by Gasteiger charge is 2.38. The molecular formula is C36H41F6N3O4. The Kier molecular flexibility index (Phi) is 11.4. The Hall–Kier alpha value is -4.13. The SMILES string of the molecule is Cc1cccc(C)c1-c1cc([C@H](CC(=O)O)NC(=O)[C@H](CC(C)C)n2cc(CCN3CCC3)c(C(C)(F)F)cc2=O)c(F)c(C(F)(F)F)c1. The molecule has 4 rings (SSSR count). The Bertz CT molecular complexity index is 1740. The van der Waals surface area contributed by atoms with Crippen LogP contribution in [0.25, 0.3) is 11.1 Å². The van der Waals surface area contributed by atoms with Gasteiger partial charge in [-0.15, -0.1) is 0 Å². The van der Waals surface area contributed by atoms with Gasteiger partial charge in [0.1, 0.15) is 11.9 Å². The summed E-state index contributed by atoms with van der Waals surface area (Å²) in [5.74, 6) is -7.86. The van der Waals surface area contributed by atoms with Crippen molar-refractivity contribution < 1.29 is 41.0 Å². The molecular weight excluding hydrogens is 652 g/mol. The fourth-order valence-electron chi connectivity index (χ4n) is 6.32. The van der Waals surface area contributed by atoms with Crippen molar-refractivity contribution >= 4 is 11.9 Å². The number of carbonyl (C=O) groups excluding carboxylic acids is 1. The van der Waals surface area contributed by atoms with Gasteiger partial charge in [0.2, 0.25) is 5.91 Å². The number of aryl methyl sites for hydroxylation is 2. The lowest BCUT2D eigenvalue weighted by atomic mass is 9.90. The summed E-state index contributed by atoms with van der Waals surface area (Å²) in [7, 11) is 0. The predicted octanol–water partition coefficient (Wildman–Crippen LogP) is 7.57. The van der Waals surface area contributed by atoms with Gasteiger partial charge >= 0.3 is 12.1 Å². The number of nitrogens with zero attached hydrogens (tertiary/aromatic N) is 2. The van der Waals surface area contributed by atoms with Gasteiger partial charge in [-0.2, -0.15) is 13.2 Å². The van der Waals surface area contributed by atoms with Crippen molar-refractivity contribution in [3.05, 3.63) is 92.1 Å². The van der Waals surface area contributed by atoms with Gasteiger partial charge in [-0.05, 0) is 92.1 Å². The number of hydrogen-bond acceptors (Lipinski definition) is 4. The number of rotatable bonds is 13. The molecule has 49 heavy (non-hydrogen) atoms. The molecule has 0 radical (unpaired) electrons. The van der Waals surface area contributed by atoms with E-state index >= 15 is 4.39 Å². The number of pyridine rings is 1. The Labute approximate surface area is 280 Å². The second kappa shape index (κ2) is 14.8. The molecule has 0 spiro atoms. The van der Waals surface area contributed by atoms with Crippen LogP contribution in [0.5, 0.6) is 0 Å². The molecule has 2 aromatic carbocycles. The number of likely N-dealkylation sites (tertiary alicyclic amines) is 1. The van der Waals surface area contributed by atoms with E-state index in [1.165, 1.54) is 6.20 Å². The minimum Gasteiger partial charge on any atom is -0.481 e. The Morgan fingerprint density at radius 3 is 2.14 bits per heavy atom. The summed E-state index contributed by atoms with van der Waals surface area (Å²) in [6, 6.07) is 4.42. The molecule has 0 saturated carbocycles. The van der Waals surface area contributed by atoms with Crippen LogP contribution in [0.1, 0.15) is 85.5 Å². The zero-order chi connectivity index (χ0) is 36.4. The smallest absolute Gasteiger partial charge is 0.419 e. The molecule has 3 aromatic rings. The molecule has 1 aromatic heterocycles. The van der Waals surface area contributed by atoms with Gasteiger partial charge in [-0.25, -0.2) is 13.2 Å². The Morgan fingerprint density at radius 2 is 1.63 bits per heavy atom. The minimum atomic E-state index is -5.16. The fourth-order valence-corrected chi connectivity index (χ4v) is 6.32. The first-order valence-corrected chi connectivity index (χ1v) is 16.1. The van der Waals surface area contributed by atoms with E-state index in [4.69, 9.17) is 0 Å². The van der Waals surface area contributed by atoms with E-state index in [9.17, 15) is 41.4 Å². The monoisotopic (exact) mass is 693 g/mol. The number of carbonyl (C=O) groups is 2. The summed E-state index contributed by atoms with van der Waals surface area (Å²) in [5, 5.41) is 12.2. The van der Waals surface area contributed by atoms with Crippen molar-refractivity contribution in [3.63, 3.8) is 0 Å². The summed E-state index contributed by atoms with van der Waals surface area (Å²) in [5.41, 5.74) is -2.04. The van der Waals surface area contributed by atoms with Crippen molar-refractivity contribution in [3.8, 4) is 11.1 Å². The molecule has 1 aliphatic heterocycles. The quantitative estimate of drug-likeness (QED) is 0.180. The normalized spacial score (nSPS) is 15.2. The Balaban J connectivity index is 1.83. The maximum Gasteiger partial charge on any atom is 0.419 e. The van der Waals surface area contributed by atoms with Gasteiger partial charge in [-0.1, -0.05) is 32.0 Å². The van der Waals surface area contributed by atoms with Crippen LogP contribution in [0.3, 0.4) is 0 Å². The average molecular weight is 694 g/mol. The number of benzene rings is 2. The molecule has 1 fully saturated rings. The standard InChI is InChI=1S/C36H41F6N3O4/c1-20(2)14-29(45-19-23(10-13-44-11-7-12-44)26(17-30(45)46)35(5,38)39)34(49)43-28(18-31(47)48)25-15-24(16-27(33(25)37)36(40,41)42)32-21(3)8-6-9-22(32)4/h6,8-9,15-17,19-20,28-29H,7,10-14,18H2,1-5H3,(H,43,49)(H,47,48)/t28-,29-/m0/s1. The summed E-state index contributed by atoms with van der Waals surface area (Å²) in [4.78, 5) is 41.4. The van der Waals surface area contributed by atoms with Crippen molar-refractivity contribution in [2.75, 3.05) is 19.6 Å². The highest BCUT2D eigenvalue weighted by molar-refractivity contribution is 5.82. The largest absolute Gasteiger partial charge is 0.481 e. The first-order valence-electron chi connectivity index (χ1n) is 16.1. The number of alkyl halides is 5. The number of carboxylic acid groups (broad SMARTS) is 1. The predicted molar refractivity (Wildman–Crippen MR) is 173 cm³/mol. The Morgan fingerprint density at radius 1 is 1.00 bits per heavy atom. The van der Waals surface area contributed by atoms with E-state index < -0.39 is 70.5 Å². The topological polar surface area (TPSA) is 91.6 Å². The van der Waals surface area contributed by atoms with Gasteiger partial charge < -0.3 is 19.9 Å². The number of hydrogen-bond donors (Lipinski definition) is 2. The van der Waals surface area contributed by atoms with Crippen molar-refractivity contribution in [2.24, 2.45) is 5.92 Å². The lowest BCUT2D eigenvalue weighted by molar-refractivity contribution is -0.140. The first-order chi connectivity index (χ1) is 22.8. The van der Waals surface area contributed by atoms with Gasteiger partial charge in [0.15, 0.2) is 0 Å². The fraction of sp³-hybridized carbons (Fsp3) is 0.472. The number of carboxylic acids is 1. The summed E-state index contributed by atoms with van der Waals surface area (Å²) < 4.78 is 88.7. The molecule has 1 amide bonds. The van der Waals surface area contributed by atoms with E-state index in [-0.39, 0.29) is 29.9 Å². The van der Waals surface area contributed by atoms with E-state index in [2.05, 4.69) is 10.2 Å². The number of aliphatic carboxylic acids is 1. The first kappa shape index (κ1) is 37.7. The third-order valence-corrected chi connectivity index (χ3v) is 8.86. The van der Waals surface area contributed by atoms with Gasteiger partial charge in [0, 0.05) is 36.9 Å².